The average molecular weight is 303 g/mol. The predicted octanol–water partition coefficient (Wildman–Crippen LogP) is 4.94. The largest absolute Gasteiger partial charge is 0.381 e. The van der Waals surface area contributed by atoms with Crippen LogP contribution in [0, 0.1) is 5.41 Å². The Bertz CT molecular complexity index is 406. The monoisotopic (exact) mass is 303 g/mol. The number of thioether (sulfide) groups is 2. The van der Waals surface area contributed by atoms with Crippen molar-refractivity contribution >= 4 is 29.2 Å². The maximum atomic E-state index is 12.2. The van der Waals surface area contributed by atoms with Crippen molar-refractivity contribution in [2.75, 3.05) is 16.8 Å². The van der Waals surface area contributed by atoms with Gasteiger partial charge in [0.25, 0.3) is 5.76 Å². The van der Waals surface area contributed by atoms with Crippen molar-refractivity contribution in [1.82, 2.24) is 0 Å². The SMILES string of the molecule is CC1(C)CCSCC1Nc1ccc(SC(F)F)cc1. The Hall–Kier alpha value is -0.420. The molecule has 1 unspecified atom stereocenters. The molecule has 0 radical (unpaired) electrons. The Labute approximate surface area is 121 Å². The first kappa shape index (κ1) is 15.0. The molecule has 0 spiro atoms. The predicted molar refractivity (Wildman–Crippen MR) is 81.4 cm³/mol. The molecule has 5 heteroatoms. The van der Waals surface area contributed by atoms with Crippen molar-refractivity contribution in [3.63, 3.8) is 0 Å². The zero-order valence-electron chi connectivity index (χ0n) is 11.2. The van der Waals surface area contributed by atoms with Crippen molar-refractivity contribution in [3.05, 3.63) is 24.3 Å². The van der Waals surface area contributed by atoms with Crippen LogP contribution < -0.4 is 5.32 Å². The normalized spacial score (nSPS) is 22.5. The van der Waals surface area contributed by atoms with E-state index in [1.165, 1.54) is 12.2 Å². The molecular formula is C14H19F2NS2. The van der Waals surface area contributed by atoms with Crippen LogP contribution in [0.15, 0.2) is 29.2 Å². The molecule has 1 nitrogen and oxygen atoms in total. The summed E-state index contributed by atoms with van der Waals surface area (Å²) in [5.74, 6) is -0.0390. The van der Waals surface area contributed by atoms with Crippen molar-refractivity contribution < 1.29 is 8.78 Å². The van der Waals surface area contributed by atoms with Gasteiger partial charge in [0.2, 0.25) is 0 Å². The van der Waals surface area contributed by atoms with E-state index in [1.807, 2.05) is 23.9 Å². The molecule has 1 fully saturated rings. The maximum Gasteiger partial charge on any atom is 0.288 e. The van der Waals surface area contributed by atoms with Gasteiger partial charge in [-0.25, -0.2) is 0 Å². The highest BCUT2D eigenvalue weighted by Gasteiger charge is 2.32. The van der Waals surface area contributed by atoms with Crippen molar-refractivity contribution in [2.45, 2.75) is 37.0 Å². The summed E-state index contributed by atoms with van der Waals surface area (Å²) in [6.07, 6.45) is 1.20. The van der Waals surface area contributed by atoms with E-state index < -0.39 is 5.76 Å². The zero-order chi connectivity index (χ0) is 13.9. The number of anilines is 1. The molecule has 0 aromatic heterocycles. The van der Waals surface area contributed by atoms with Gasteiger partial charge in [-0.15, -0.1) is 0 Å². The van der Waals surface area contributed by atoms with Crippen molar-refractivity contribution in [1.29, 1.82) is 0 Å². The van der Waals surface area contributed by atoms with Gasteiger partial charge in [-0.1, -0.05) is 25.6 Å². The quantitative estimate of drug-likeness (QED) is 0.791. The van der Waals surface area contributed by atoms with E-state index in [0.717, 1.165) is 11.4 Å². The van der Waals surface area contributed by atoms with E-state index in [9.17, 15) is 8.78 Å². The standard InChI is InChI=1S/C14H19F2NS2/c1-14(2)7-8-18-9-12(14)17-10-3-5-11(6-4-10)19-13(15)16/h3-6,12-13,17H,7-9H2,1-2H3. The minimum absolute atomic E-state index is 0.279. The minimum atomic E-state index is -2.35. The van der Waals surface area contributed by atoms with Gasteiger partial charge in [-0.3, -0.25) is 0 Å². The van der Waals surface area contributed by atoms with Crippen LogP contribution in [-0.4, -0.2) is 23.3 Å². The number of alkyl halides is 2. The fourth-order valence-corrected chi connectivity index (χ4v) is 4.21. The second-order valence-electron chi connectivity index (χ2n) is 5.41. The van der Waals surface area contributed by atoms with Gasteiger partial charge in [0.05, 0.1) is 0 Å². The summed E-state index contributed by atoms with van der Waals surface area (Å²) >= 11 is 2.56. The van der Waals surface area contributed by atoms with E-state index in [4.69, 9.17) is 0 Å². The third kappa shape index (κ3) is 4.28. The molecule has 1 aromatic rings. The van der Waals surface area contributed by atoms with Crippen LogP contribution in [0.25, 0.3) is 0 Å². The Morgan fingerprint density at radius 2 is 2.00 bits per heavy atom. The van der Waals surface area contributed by atoms with E-state index in [1.54, 1.807) is 12.1 Å². The van der Waals surface area contributed by atoms with E-state index in [-0.39, 0.29) is 5.41 Å². The second kappa shape index (κ2) is 6.35. The first-order valence-electron chi connectivity index (χ1n) is 6.36. The maximum absolute atomic E-state index is 12.2. The van der Waals surface area contributed by atoms with Gasteiger partial charge in [-0.2, -0.15) is 20.5 Å². The Balaban J connectivity index is 1.99. The lowest BCUT2D eigenvalue weighted by Gasteiger charge is -2.39. The molecule has 1 aliphatic heterocycles. The molecule has 1 aromatic carbocycles. The zero-order valence-corrected chi connectivity index (χ0v) is 12.8. The smallest absolute Gasteiger partial charge is 0.288 e. The number of hydrogen-bond acceptors (Lipinski definition) is 3. The number of halogens is 2. The Morgan fingerprint density at radius 3 is 2.58 bits per heavy atom. The van der Waals surface area contributed by atoms with E-state index in [2.05, 4.69) is 19.2 Å². The Morgan fingerprint density at radius 1 is 1.32 bits per heavy atom. The molecule has 106 valence electrons. The summed E-state index contributed by atoms with van der Waals surface area (Å²) in [5, 5.41) is 3.53. The van der Waals surface area contributed by atoms with E-state index in [0.29, 0.717) is 22.7 Å². The summed E-state index contributed by atoms with van der Waals surface area (Å²) < 4.78 is 24.5. The van der Waals surface area contributed by atoms with Crippen LogP contribution in [-0.2, 0) is 0 Å². The van der Waals surface area contributed by atoms with Gasteiger partial charge in [0.1, 0.15) is 0 Å². The summed E-state index contributed by atoms with van der Waals surface area (Å²) in [5.41, 5.74) is 1.29. The third-order valence-corrected chi connectivity index (χ3v) is 5.32. The molecule has 0 aliphatic carbocycles. The van der Waals surface area contributed by atoms with Gasteiger partial charge in [0, 0.05) is 22.4 Å². The summed E-state index contributed by atoms with van der Waals surface area (Å²) in [6, 6.07) is 7.71. The number of rotatable bonds is 4. The highest BCUT2D eigenvalue weighted by molar-refractivity contribution is 7.99. The van der Waals surface area contributed by atoms with Crippen molar-refractivity contribution in [3.8, 4) is 0 Å². The lowest BCUT2D eigenvalue weighted by Crippen LogP contribution is -2.41. The number of nitrogens with one attached hydrogen (secondary N) is 1. The van der Waals surface area contributed by atoms with Crippen LogP contribution in [0.3, 0.4) is 0 Å². The lowest BCUT2D eigenvalue weighted by molar-refractivity contribution is 0.252. The molecule has 2 rings (SSSR count). The molecule has 1 aliphatic rings. The van der Waals surface area contributed by atoms with Crippen LogP contribution in [0.5, 0.6) is 0 Å². The topological polar surface area (TPSA) is 12.0 Å². The van der Waals surface area contributed by atoms with Crippen LogP contribution in [0.2, 0.25) is 0 Å². The number of hydrogen-bond donors (Lipinski definition) is 1. The molecule has 1 heterocycles. The highest BCUT2D eigenvalue weighted by Crippen LogP contribution is 2.36. The molecule has 0 saturated carbocycles. The van der Waals surface area contributed by atoms with Gasteiger partial charge in [0.15, 0.2) is 0 Å². The molecule has 0 amide bonds. The summed E-state index contributed by atoms with van der Waals surface area (Å²) in [4.78, 5) is 0.609. The van der Waals surface area contributed by atoms with Gasteiger partial charge in [-0.05, 0) is 41.9 Å². The molecule has 1 atom stereocenters. The van der Waals surface area contributed by atoms with Crippen LogP contribution in [0.4, 0.5) is 14.5 Å². The van der Waals surface area contributed by atoms with Gasteiger partial charge < -0.3 is 5.32 Å². The van der Waals surface area contributed by atoms with Crippen molar-refractivity contribution in [2.24, 2.45) is 5.41 Å². The minimum Gasteiger partial charge on any atom is -0.381 e. The molecular weight excluding hydrogens is 284 g/mol. The molecule has 1 saturated heterocycles. The highest BCUT2D eigenvalue weighted by atomic mass is 32.2. The third-order valence-electron chi connectivity index (χ3n) is 3.54. The van der Waals surface area contributed by atoms with Crippen LogP contribution >= 0.6 is 23.5 Å². The fraction of sp³-hybridized carbons (Fsp3) is 0.571. The Kier molecular flexibility index (Phi) is 5.01. The van der Waals surface area contributed by atoms with Gasteiger partial charge >= 0.3 is 0 Å². The van der Waals surface area contributed by atoms with Crippen LogP contribution in [0.1, 0.15) is 20.3 Å². The lowest BCUT2D eigenvalue weighted by atomic mass is 9.82. The first-order valence-corrected chi connectivity index (χ1v) is 8.40. The second-order valence-corrected chi connectivity index (χ2v) is 7.63. The summed E-state index contributed by atoms with van der Waals surface area (Å²) in [6.45, 7) is 4.57. The average Bonchev–Trinajstić information content (AvgIpc) is 2.33. The first-order chi connectivity index (χ1) is 8.97. The fourth-order valence-electron chi connectivity index (χ4n) is 2.11. The number of benzene rings is 1. The molecule has 0 bridgehead atoms. The summed E-state index contributed by atoms with van der Waals surface area (Å²) in [7, 11) is 0. The molecule has 19 heavy (non-hydrogen) atoms. The molecule has 1 N–H and O–H groups in total. The van der Waals surface area contributed by atoms with E-state index >= 15 is 0 Å².